The van der Waals surface area contributed by atoms with Crippen LogP contribution in [0.3, 0.4) is 0 Å². The maximum Gasteiger partial charge on any atom is 0.319 e. The molecule has 0 unspecified atom stereocenters. The summed E-state index contributed by atoms with van der Waals surface area (Å²) in [5.74, 6) is -1.74. The van der Waals surface area contributed by atoms with E-state index >= 15 is 0 Å². The van der Waals surface area contributed by atoms with Crippen molar-refractivity contribution in [3.05, 3.63) is 35.4 Å². The minimum Gasteiger partial charge on any atom is -0.480 e. The molecule has 1 aromatic carbocycles. The minimum atomic E-state index is -1.24. The Bertz CT molecular complexity index is 564. The number of nitrogens with one attached hydrogen (secondary N) is 2. The molecule has 106 valence electrons. The van der Waals surface area contributed by atoms with Gasteiger partial charge < -0.3 is 15.7 Å². The third-order valence-electron chi connectivity index (χ3n) is 3.46. The van der Waals surface area contributed by atoms with Gasteiger partial charge in [0, 0.05) is 19.2 Å². The van der Waals surface area contributed by atoms with Gasteiger partial charge in [0.05, 0.1) is 0 Å². The van der Waals surface area contributed by atoms with Crippen LogP contribution in [0.1, 0.15) is 28.8 Å². The Labute approximate surface area is 116 Å². The number of carboxylic acid groups (broad SMARTS) is 1. The Morgan fingerprint density at radius 2 is 2.00 bits per heavy atom. The summed E-state index contributed by atoms with van der Waals surface area (Å²) in [6.07, 6.45) is 0.763. The predicted octanol–water partition coefficient (Wildman–Crippen LogP) is 0.527. The number of hydrogen-bond donors (Lipinski definition) is 3. The van der Waals surface area contributed by atoms with Crippen LogP contribution in [0.15, 0.2) is 24.3 Å². The number of hydrogen-bond acceptors (Lipinski definition) is 3. The molecule has 6 nitrogen and oxygen atoms in total. The van der Waals surface area contributed by atoms with Gasteiger partial charge in [0.25, 0.3) is 5.91 Å². The Balaban J connectivity index is 1.99. The Hall–Kier alpha value is -2.37. The van der Waals surface area contributed by atoms with Crippen LogP contribution < -0.4 is 10.6 Å². The number of aliphatic carboxylic acids is 1. The summed E-state index contributed by atoms with van der Waals surface area (Å²) < 4.78 is 0. The number of amides is 2. The van der Waals surface area contributed by atoms with Gasteiger partial charge in [-0.05, 0) is 30.5 Å². The second-order valence-corrected chi connectivity index (χ2v) is 4.85. The standard InChI is InChI=1S/C14H16N2O4/c1-15-11(17)10-4-2-3-9(7-10)8-16-12(18)14(5-6-14)13(19)20/h2-4,7H,5-6,8H2,1H3,(H,15,17)(H,16,18)(H,19,20). The van der Waals surface area contributed by atoms with Crippen molar-refractivity contribution in [3.63, 3.8) is 0 Å². The summed E-state index contributed by atoms with van der Waals surface area (Å²) >= 11 is 0. The van der Waals surface area contributed by atoms with Crippen molar-refractivity contribution in [3.8, 4) is 0 Å². The molecule has 0 radical (unpaired) electrons. The van der Waals surface area contributed by atoms with Crippen LogP contribution in [0, 0.1) is 5.41 Å². The maximum absolute atomic E-state index is 11.8. The molecule has 1 fully saturated rings. The lowest BCUT2D eigenvalue weighted by atomic mass is 10.1. The fourth-order valence-electron chi connectivity index (χ4n) is 1.98. The van der Waals surface area contributed by atoms with Crippen LogP contribution in [0.5, 0.6) is 0 Å². The van der Waals surface area contributed by atoms with Gasteiger partial charge >= 0.3 is 5.97 Å². The molecule has 2 rings (SSSR count). The zero-order valence-corrected chi connectivity index (χ0v) is 11.1. The summed E-state index contributed by atoms with van der Waals surface area (Å²) in [5, 5.41) is 14.1. The number of rotatable bonds is 5. The molecule has 0 heterocycles. The molecule has 2 amide bonds. The molecule has 0 spiro atoms. The third-order valence-corrected chi connectivity index (χ3v) is 3.46. The van der Waals surface area contributed by atoms with Crippen molar-refractivity contribution in [1.82, 2.24) is 10.6 Å². The summed E-state index contributed by atoms with van der Waals surface area (Å²) in [7, 11) is 1.54. The molecule has 1 aliphatic rings. The Morgan fingerprint density at radius 3 is 2.55 bits per heavy atom. The average molecular weight is 276 g/mol. The third kappa shape index (κ3) is 2.64. The van der Waals surface area contributed by atoms with Gasteiger partial charge in [-0.25, -0.2) is 0 Å². The van der Waals surface area contributed by atoms with Crippen molar-refractivity contribution in [2.45, 2.75) is 19.4 Å². The zero-order valence-electron chi connectivity index (χ0n) is 11.1. The lowest BCUT2D eigenvalue weighted by molar-refractivity contribution is -0.149. The van der Waals surface area contributed by atoms with Gasteiger partial charge in [-0.15, -0.1) is 0 Å². The second-order valence-electron chi connectivity index (χ2n) is 4.85. The molecule has 0 bridgehead atoms. The number of carbonyl (C=O) groups is 3. The lowest BCUT2D eigenvalue weighted by Crippen LogP contribution is -2.36. The molecule has 0 saturated heterocycles. The largest absolute Gasteiger partial charge is 0.480 e. The van der Waals surface area contributed by atoms with Crippen molar-refractivity contribution >= 4 is 17.8 Å². The van der Waals surface area contributed by atoms with E-state index in [-0.39, 0.29) is 12.5 Å². The Morgan fingerprint density at radius 1 is 1.30 bits per heavy atom. The fraction of sp³-hybridized carbons (Fsp3) is 0.357. The normalized spacial score (nSPS) is 15.2. The van der Waals surface area contributed by atoms with Crippen LogP contribution in [-0.4, -0.2) is 29.9 Å². The van der Waals surface area contributed by atoms with Crippen molar-refractivity contribution in [2.24, 2.45) is 5.41 Å². The van der Waals surface area contributed by atoms with Gasteiger partial charge in [0.2, 0.25) is 5.91 Å². The van der Waals surface area contributed by atoms with Crippen LogP contribution in [0.25, 0.3) is 0 Å². The highest BCUT2D eigenvalue weighted by atomic mass is 16.4. The van der Waals surface area contributed by atoms with Gasteiger partial charge in [-0.3, -0.25) is 14.4 Å². The van der Waals surface area contributed by atoms with Crippen molar-refractivity contribution in [1.29, 1.82) is 0 Å². The quantitative estimate of drug-likeness (QED) is 0.683. The van der Waals surface area contributed by atoms with E-state index < -0.39 is 17.3 Å². The molecule has 1 aliphatic carbocycles. The topological polar surface area (TPSA) is 95.5 Å². The first-order valence-corrected chi connectivity index (χ1v) is 6.32. The maximum atomic E-state index is 11.8. The molecule has 20 heavy (non-hydrogen) atoms. The molecule has 0 atom stereocenters. The minimum absolute atomic E-state index is 0.206. The first-order chi connectivity index (χ1) is 9.49. The monoisotopic (exact) mass is 276 g/mol. The SMILES string of the molecule is CNC(=O)c1cccc(CNC(=O)C2(C(=O)O)CC2)c1. The van der Waals surface area contributed by atoms with E-state index in [1.54, 1.807) is 31.3 Å². The van der Waals surface area contributed by atoms with Crippen LogP contribution in [0.4, 0.5) is 0 Å². The average Bonchev–Trinajstić information content (AvgIpc) is 3.26. The molecule has 6 heteroatoms. The number of carboxylic acids is 1. The van der Waals surface area contributed by atoms with Gasteiger partial charge in [0.15, 0.2) is 0 Å². The molecule has 3 N–H and O–H groups in total. The highest BCUT2D eigenvalue weighted by Crippen LogP contribution is 2.46. The van der Waals surface area contributed by atoms with Gasteiger partial charge in [0.1, 0.15) is 5.41 Å². The highest BCUT2D eigenvalue weighted by molar-refractivity contribution is 6.04. The summed E-state index contributed by atoms with van der Waals surface area (Å²) in [6, 6.07) is 6.83. The van der Waals surface area contributed by atoms with Gasteiger partial charge in [-0.2, -0.15) is 0 Å². The molecular formula is C14H16N2O4. The molecule has 0 aliphatic heterocycles. The van der Waals surface area contributed by atoms with Crippen molar-refractivity contribution in [2.75, 3.05) is 7.05 Å². The summed E-state index contributed by atoms with van der Waals surface area (Å²) in [6.45, 7) is 0.207. The highest BCUT2D eigenvalue weighted by Gasteiger charge is 2.56. The molecular weight excluding hydrogens is 260 g/mol. The smallest absolute Gasteiger partial charge is 0.319 e. The molecule has 1 aromatic rings. The first-order valence-electron chi connectivity index (χ1n) is 6.32. The zero-order chi connectivity index (χ0) is 14.8. The Kier molecular flexibility index (Phi) is 3.74. The summed E-state index contributed by atoms with van der Waals surface area (Å²) in [5.41, 5.74) is 0.0116. The van der Waals surface area contributed by atoms with Crippen molar-refractivity contribution < 1.29 is 19.5 Å². The number of benzene rings is 1. The predicted molar refractivity (Wildman–Crippen MR) is 71.0 cm³/mol. The molecule has 0 aromatic heterocycles. The molecule has 1 saturated carbocycles. The van der Waals surface area contributed by atoms with E-state index in [0.29, 0.717) is 18.4 Å². The van der Waals surface area contributed by atoms with E-state index in [1.165, 1.54) is 0 Å². The van der Waals surface area contributed by atoms with Crippen LogP contribution in [0.2, 0.25) is 0 Å². The summed E-state index contributed by atoms with van der Waals surface area (Å²) in [4.78, 5) is 34.3. The van der Waals surface area contributed by atoms with E-state index in [9.17, 15) is 14.4 Å². The van der Waals surface area contributed by atoms with E-state index in [1.807, 2.05) is 0 Å². The van der Waals surface area contributed by atoms with E-state index in [2.05, 4.69) is 10.6 Å². The lowest BCUT2D eigenvalue weighted by Gasteiger charge is -2.11. The fourth-order valence-corrected chi connectivity index (χ4v) is 1.98. The van der Waals surface area contributed by atoms with Crippen LogP contribution >= 0.6 is 0 Å². The first kappa shape index (κ1) is 14.0. The van der Waals surface area contributed by atoms with Gasteiger partial charge in [-0.1, -0.05) is 12.1 Å². The van der Waals surface area contributed by atoms with E-state index in [4.69, 9.17) is 5.11 Å². The van der Waals surface area contributed by atoms with E-state index in [0.717, 1.165) is 5.56 Å². The van der Waals surface area contributed by atoms with Crippen LogP contribution in [-0.2, 0) is 16.1 Å². The second kappa shape index (κ2) is 5.32. The number of carbonyl (C=O) groups excluding carboxylic acids is 2.